The number of hydrogen-bond acceptors (Lipinski definition) is 0. The van der Waals surface area contributed by atoms with E-state index in [0.29, 0.717) is 0 Å². The van der Waals surface area contributed by atoms with E-state index in [9.17, 15) is 0 Å². The third kappa shape index (κ3) is 6.32. The quantitative estimate of drug-likeness (QED) is 0.452. The molecule has 2 aliphatic rings. The van der Waals surface area contributed by atoms with Crippen LogP contribution in [0.5, 0.6) is 0 Å². The highest BCUT2D eigenvalue weighted by Crippen LogP contribution is 2.27. The molecule has 138 valence electrons. The first-order chi connectivity index (χ1) is 12.4. The molecule has 0 N–H and O–H groups in total. The molecular weight excluding hydrogens is 300 g/mol. The van der Waals surface area contributed by atoms with E-state index >= 15 is 0 Å². The van der Waals surface area contributed by atoms with E-state index in [1.807, 2.05) is 0 Å². The summed E-state index contributed by atoms with van der Waals surface area (Å²) < 4.78 is 0. The van der Waals surface area contributed by atoms with Gasteiger partial charge in [0.2, 0.25) is 0 Å². The molecule has 0 heteroatoms. The van der Waals surface area contributed by atoms with Gasteiger partial charge in [-0.05, 0) is 54.4 Å². The van der Waals surface area contributed by atoms with Crippen LogP contribution in [0, 0.1) is 0 Å². The number of benzene rings is 1. The molecule has 1 aromatic carbocycles. The Labute approximate surface area is 156 Å². The Balaban J connectivity index is 1.58. The van der Waals surface area contributed by atoms with Gasteiger partial charge in [0.05, 0.1) is 0 Å². The summed E-state index contributed by atoms with van der Waals surface area (Å²) in [6.07, 6.45) is 28.7. The molecule has 2 aliphatic carbocycles. The van der Waals surface area contributed by atoms with Crippen LogP contribution in [0.2, 0.25) is 0 Å². The van der Waals surface area contributed by atoms with Gasteiger partial charge in [-0.25, -0.2) is 0 Å². The summed E-state index contributed by atoms with van der Waals surface area (Å²) in [4.78, 5) is 0. The second kappa shape index (κ2) is 10.8. The summed E-state index contributed by atoms with van der Waals surface area (Å²) in [5, 5.41) is 0. The molecule has 0 atom stereocenters. The molecule has 0 spiro atoms. The van der Waals surface area contributed by atoms with Gasteiger partial charge < -0.3 is 0 Å². The third-order valence-corrected chi connectivity index (χ3v) is 6.24. The van der Waals surface area contributed by atoms with Crippen molar-refractivity contribution < 1.29 is 0 Å². The minimum atomic E-state index is 1.16. The van der Waals surface area contributed by atoms with E-state index in [-0.39, 0.29) is 0 Å². The van der Waals surface area contributed by atoms with Crippen molar-refractivity contribution in [2.45, 2.75) is 109 Å². The van der Waals surface area contributed by atoms with Crippen molar-refractivity contribution in [3.05, 3.63) is 40.5 Å². The first-order valence-corrected chi connectivity index (χ1v) is 11.2. The van der Waals surface area contributed by atoms with E-state index in [0.717, 1.165) is 6.42 Å². The lowest BCUT2D eigenvalue weighted by Crippen LogP contribution is -1.99. The maximum Gasteiger partial charge on any atom is -0.00881 e. The molecule has 0 nitrogen and oxygen atoms in total. The standard InChI is InChI=1S/C25H38/c1-2-4-6-8-10-12-14-17-23-21-25-19-15-18-24(25)20-22(23)16-13-11-9-7-5-3-1/h15,18,20-21H,1-14,16-17,19H2. The second-order valence-corrected chi connectivity index (χ2v) is 8.38. The van der Waals surface area contributed by atoms with E-state index in [4.69, 9.17) is 0 Å². The molecule has 0 radical (unpaired) electrons. The zero-order chi connectivity index (χ0) is 17.2. The highest BCUT2D eigenvalue weighted by atomic mass is 14.2. The zero-order valence-electron chi connectivity index (χ0n) is 16.3. The van der Waals surface area contributed by atoms with Crippen molar-refractivity contribution in [3.8, 4) is 0 Å². The van der Waals surface area contributed by atoms with Gasteiger partial charge in [-0.2, -0.15) is 0 Å². The predicted octanol–water partition coefficient (Wildman–Crippen LogP) is 7.82. The normalized spacial score (nSPS) is 21.1. The molecule has 25 heavy (non-hydrogen) atoms. The Morgan fingerprint density at radius 3 is 1.40 bits per heavy atom. The Morgan fingerprint density at radius 1 is 0.440 bits per heavy atom. The Hall–Kier alpha value is -1.04. The summed E-state index contributed by atoms with van der Waals surface area (Å²) in [6.45, 7) is 0. The number of allylic oxidation sites excluding steroid dienone is 1. The molecule has 0 fully saturated rings. The minimum Gasteiger partial charge on any atom is -0.0795 e. The van der Waals surface area contributed by atoms with Crippen molar-refractivity contribution in [2.24, 2.45) is 0 Å². The van der Waals surface area contributed by atoms with Crippen LogP contribution in [0.1, 0.15) is 112 Å². The number of hydrogen-bond donors (Lipinski definition) is 0. The maximum absolute atomic E-state index is 2.54. The van der Waals surface area contributed by atoms with Crippen molar-refractivity contribution in [2.75, 3.05) is 0 Å². The molecule has 0 aliphatic heterocycles. The first kappa shape index (κ1) is 18.7. The summed E-state index contributed by atoms with van der Waals surface area (Å²) in [5.41, 5.74) is 6.40. The van der Waals surface area contributed by atoms with Crippen LogP contribution in [-0.2, 0) is 19.3 Å². The first-order valence-electron chi connectivity index (χ1n) is 11.2. The van der Waals surface area contributed by atoms with Crippen LogP contribution >= 0.6 is 0 Å². The Bertz CT molecular complexity index is 537. The van der Waals surface area contributed by atoms with Crippen molar-refractivity contribution >= 4 is 6.08 Å². The molecular formula is C25H38. The summed E-state index contributed by atoms with van der Waals surface area (Å²) in [6, 6.07) is 5.06. The molecule has 0 saturated heterocycles. The fourth-order valence-corrected chi connectivity index (χ4v) is 4.62. The topological polar surface area (TPSA) is 0 Å². The monoisotopic (exact) mass is 338 g/mol. The SMILES string of the molecule is C1=Cc2cc3c(cc2C1)CCCCCCCCCCCCCCCC3. The smallest absolute Gasteiger partial charge is 0.00881 e. The molecule has 0 saturated carbocycles. The van der Waals surface area contributed by atoms with Gasteiger partial charge in [0.15, 0.2) is 0 Å². The number of fused-ring (bicyclic) bond motifs is 2. The van der Waals surface area contributed by atoms with Crippen LogP contribution < -0.4 is 0 Å². The second-order valence-electron chi connectivity index (χ2n) is 8.38. The Morgan fingerprint density at radius 2 is 0.880 bits per heavy atom. The molecule has 0 aromatic heterocycles. The van der Waals surface area contributed by atoms with Crippen molar-refractivity contribution in [1.82, 2.24) is 0 Å². The van der Waals surface area contributed by atoms with Crippen molar-refractivity contribution in [1.29, 1.82) is 0 Å². The van der Waals surface area contributed by atoms with Crippen LogP contribution in [0.4, 0.5) is 0 Å². The lowest BCUT2D eigenvalue weighted by Gasteiger charge is -2.13. The fraction of sp³-hybridized carbons (Fsp3) is 0.680. The van der Waals surface area contributed by atoms with E-state index in [1.165, 1.54) is 108 Å². The van der Waals surface area contributed by atoms with Crippen LogP contribution in [0.25, 0.3) is 6.08 Å². The summed E-state index contributed by atoms with van der Waals surface area (Å²) >= 11 is 0. The highest BCUT2D eigenvalue weighted by Gasteiger charge is 2.11. The van der Waals surface area contributed by atoms with E-state index < -0.39 is 0 Å². The van der Waals surface area contributed by atoms with Gasteiger partial charge in [-0.1, -0.05) is 101 Å². The van der Waals surface area contributed by atoms with Gasteiger partial charge in [0.1, 0.15) is 0 Å². The highest BCUT2D eigenvalue weighted by molar-refractivity contribution is 5.62. The maximum atomic E-state index is 2.54. The van der Waals surface area contributed by atoms with Gasteiger partial charge in [-0.15, -0.1) is 0 Å². The molecule has 0 amide bonds. The zero-order valence-corrected chi connectivity index (χ0v) is 16.3. The lowest BCUT2D eigenvalue weighted by atomic mass is 9.92. The largest absolute Gasteiger partial charge is 0.0795 e. The molecule has 1 aromatic rings. The summed E-state index contributed by atoms with van der Waals surface area (Å²) in [7, 11) is 0. The lowest BCUT2D eigenvalue weighted by molar-refractivity contribution is 0.530. The number of rotatable bonds is 0. The predicted molar refractivity (Wildman–Crippen MR) is 111 cm³/mol. The molecule has 3 rings (SSSR count). The van der Waals surface area contributed by atoms with Gasteiger partial charge >= 0.3 is 0 Å². The molecule has 0 bridgehead atoms. The number of aryl methyl sites for hydroxylation is 2. The van der Waals surface area contributed by atoms with Crippen LogP contribution in [0.15, 0.2) is 18.2 Å². The van der Waals surface area contributed by atoms with Crippen molar-refractivity contribution in [3.63, 3.8) is 0 Å². The van der Waals surface area contributed by atoms with E-state index in [2.05, 4.69) is 24.3 Å². The third-order valence-electron chi connectivity index (χ3n) is 6.24. The van der Waals surface area contributed by atoms with Gasteiger partial charge in [0, 0.05) is 0 Å². The average molecular weight is 339 g/mol. The van der Waals surface area contributed by atoms with Gasteiger partial charge in [-0.3, -0.25) is 0 Å². The molecule has 0 unspecified atom stereocenters. The minimum absolute atomic E-state index is 1.16. The van der Waals surface area contributed by atoms with E-state index in [1.54, 1.807) is 16.7 Å². The summed E-state index contributed by atoms with van der Waals surface area (Å²) in [5.74, 6) is 0. The Kier molecular flexibility index (Phi) is 8.13. The van der Waals surface area contributed by atoms with Crippen LogP contribution in [0.3, 0.4) is 0 Å². The fourth-order valence-electron chi connectivity index (χ4n) is 4.62. The van der Waals surface area contributed by atoms with Crippen LogP contribution in [-0.4, -0.2) is 0 Å². The molecule has 0 heterocycles. The van der Waals surface area contributed by atoms with Gasteiger partial charge in [0.25, 0.3) is 0 Å². The average Bonchev–Trinajstić information content (AvgIpc) is 3.07.